The van der Waals surface area contributed by atoms with Crippen LogP contribution in [0, 0.1) is 6.92 Å². The van der Waals surface area contributed by atoms with E-state index >= 15 is 0 Å². The lowest BCUT2D eigenvalue weighted by atomic mass is 9.98. The Morgan fingerprint density at radius 1 is 1.00 bits per heavy atom. The normalized spacial score (nSPS) is 12.4. The maximum Gasteiger partial charge on any atom is 0.0411 e. The molecule has 0 aliphatic heterocycles. The molecular formula is C16H17Cl2N. The first-order chi connectivity index (χ1) is 9.08. The first-order valence-corrected chi connectivity index (χ1v) is 7.03. The molecule has 0 aliphatic rings. The third-order valence-corrected chi connectivity index (χ3v) is 3.64. The van der Waals surface area contributed by atoms with Gasteiger partial charge in [0.05, 0.1) is 0 Å². The molecule has 0 fully saturated rings. The number of likely N-dealkylation sites (N-methyl/N-ethyl adjacent to an activating group) is 1. The smallest absolute Gasteiger partial charge is 0.0411 e. The summed E-state index contributed by atoms with van der Waals surface area (Å²) in [5.41, 5.74) is 3.64. The van der Waals surface area contributed by atoms with Gasteiger partial charge in [0.2, 0.25) is 0 Å². The summed E-state index contributed by atoms with van der Waals surface area (Å²) in [6.45, 7) is 2.06. The number of hydrogen-bond donors (Lipinski definition) is 1. The average molecular weight is 294 g/mol. The van der Waals surface area contributed by atoms with Gasteiger partial charge in [-0.05, 0) is 61.3 Å². The highest BCUT2D eigenvalue weighted by molar-refractivity contribution is 6.30. The van der Waals surface area contributed by atoms with E-state index in [1.54, 1.807) is 0 Å². The van der Waals surface area contributed by atoms with Gasteiger partial charge in [-0.2, -0.15) is 0 Å². The Labute approximate surface area is 124 Å². The molecule has 1 atom stereocenters. The van der Waals surface area contributed by atoms with Crippen LogP contribution in [-0.2, 0) is 6.42 Å². The zero-order valence-corrected chi connectivity index (χ0v) is 12.6. The van der Waals surface area contributed by atoms with Crippen molar-refractivity contribution >= 4 is 23.2 Å². The standard InChI is InChI=1S/C16H17Cl2N/c1-11-7-13(10-15(18)8-11)16(19-2)9-12-3-5-14(17)6-4-12/h3-8,10,16,19H,9H2,1-2H3. The fourth-order valence-corrected chi connectivity index (χ4v) is 2.63. The zero-order chi connectivity index (χ0) is 13.8. The van der Waals surface area contributed by atoms with Crippen LogP contribution in [-0.4, -0.2) is 7.05 Å². The summed E-state index contributed by atoms with van der Waals surface area (Å²) in [5, 5.41) is 4.89. The van der Waals surface area contributed by atoms with Crippen LogP contribution >= 0.6 is 23.2 Å². The van der Waals surface area contributed by atoms with Gasteiger partial charge >= 0.3 is 0 Å². The van der Waals surface area contributed by atoms with Gasteiger partial charge in [0, 0.05) is 16.1 Å². The van der Waals surface area contributed by atoms with Crippen molar-refractivity contribution in [3.63, 3.8) is 0 Å². The van der Waals surface area contributed by atoms with Crippen LogP contribution in [0.1, 0.15) is 22.7 Å². The molecule has 2 aromatic carbocycles. The molecule has 0 aliphatic carbocycles. The number of hydrogen-bond acceptors (Lipinski definition) is 1. The lowest BCUT2D eigenvalue weighted by molar-refractivity contribution is 0.592. The van der Waals surface area contributed by atoms with Crippen molar-refractivity contribution in [2.24, 2.45) is 0 Å². The molecule has 0 spiro atoms. The van der Waals surface area contributed by atoms with E-state index < -0.39 is 0 Å². The van der Waals surface area contributed by atoms with E-state index in [9.17, 15) is 0 Å². The van der Waals surface area contributed by atoms with E-state index in [1.807, 2.05) is 31.3 Å². The SMILES string of the molecule is CNC(Cc1ccc(Cl)cc1)c1cc(C)cc(Cl)c1. The van der Waals surface area contributed by atoms with Crippen molar-refractivity contribution in [1.82, 2.24) is 5.32 Å². The number of aryl methyl sites for hydroxylation is 1. The molecule has 0 amide bonds. The molecular weight excluding hydrogens is 277 g/mol. The van der Waals surface area contributed by atoms with Crippen LogP contribution in [0.4, 0.5) is 0 Å². The van der Waals surface area contributed by atoms with Gasteiger partial charge in [0.1, 0.15) is 0 Å². The molecule has 100 valence electrons. The van der Waals surface area contributed by atoms with Crippen LogP contribution in [0.15, 0.2) is 42.5 Å². The highest BCUT2D eigenvalue weighted by atomic mass is 35.5. The van der Waals surface area contributed by atoms with Crippen LogP contribution < -0.4 is 5.32 Å². The Bertz CT molecular complexity index is 529. The van der Waals surface area contributed by atoms with Crippen LogP contribution in [0.3, 0.4) is 0 Å². The highest BCUT2D eigenvalue weighted by Crippen LogP contribution is 2.23. The molecule has 0 saturated carbocycles. The lowest BCUT2D eigenvalue weighted by Crippen LogP contribution is -2.19. The molecule has 19 heavy (non-hydrogen) atoms. The van der Waals surface area contributed by atoms with Gasteiger partial charge in [-0.25, -0.2) is 0 Å². The number of nitrogens with one attached hydrogen (secondary N) is 1. The average Bonchev–Trinajstić information content (AvgIpc) is 2.37. The summed E-state index contributed by atoms with van der Waals surface area (Å²) in [6, 6.07) is 14.4. The largest absolute Gasteiger partial charge is 0.313 e. The quantitative estimate of drug-likeness (QED) is 0.853. The van der Waals surface area contributed by atoms with Gasteiger partial charge in [-0.3, -0.25) is 0 Å². The molecule has 0 heterocycles. The summed E-state index contributed by atoms with van der Waals surface area (Å²) < 4.78 is 0. The molecule has 0 aromatic heterocycles. The predicted octanol–water partition coefficient (Wildman–Crippen LogP) is 4.81. The number of benzene rings is 2. The molecule has 2 aromatic rings. The Hall–Kier alpha value is -1.02. The van der Waals surface area contributed by atoms with Crippen molar-refractivity contribution in [1.29, 1.82) is 0 Å². The van der Waals surface area contributed by atoms with Crippen LogP contribution in [0.25, 0.3) is 0 Å². The Balaban J connectivity index is 2.22. The Morgan fingerprint density at radius 2 is 1.68 bits per heavy atom. The fraction of sp³-hybridized carbons (Fsp3) is 0.250. The third kappa shape index (κ3) is 3.97. The summed E-state index contributed by atoms with van der Waals surface area (Å²) >= 11 is 12.0. The fourth-order valence-electron chi connectivity index (χ4n) is 2.21. The van der Waals surface area contributed by atoms with Crippen LogP contribution in [0.5, 0.6) is 0 Å². The maximum atomic E-state index is 6.13. The van der Waals surface area contributed by atoms with Crippen molar-refractivity contribution in [2.45, 2.75) is 19.4 Å². The Kier molecular flexibility index (Phi) is 4.87. The van der Waals surface area contributed by atoms with Gasteiger partial charge in [0.25, 0.3) is 0 Å². The minimum absolute atomic E-state index is 0.249. The van der Waals surface area contributed by atoms with Crippen molar-refractivity contribution in [2.75, 3.05) is 7.05 Å². The van der Waals surface area contributed by atoms with E-state index in [0.29, 0.717) is 0 Å². The first-order valence-electron chi connectivity index (χ1n) is 6.27. The molecule has 0 bridgehead atoms. The minimum Gasteiger partial charge on any atom is -0.313 e. The summed E-state index contributed by atoms with van der Waals surface area (Å²) in [7, 11) is 1.97. The van der Waals surface area contributed by atoms with E-state index in [2.05, 4.69) is 30.4 Å². The topological polar surface area (TPSA) is 12.0 Å². The summed E-state index contributed by atoms with van der Waals surface area (Å²) in [4.78, 5) is 0. The molecule has 0 radical (unpaired) electrons. The maximum absolute atomic E-state index is 6.13. The molecule has 1 N–H and O–H groups in total. The second-order valence-electron chi connectivity index (χ2n) is 4.73. The molecule has 1 unspecified atom stereocenters. The molecule has 2 rings (SSSR count). The third-order valence-electron chi connectivity index (χ3n) is 3.17. The number of halogens is 2. The van der Waals surface area contributed by atoms with E-state index in [1.165, 1.54) is 16.7 Å². The second-order valence-corrected chi connectivity index (χ2v) is 5.61. The van der Waals surface area contributed by atoms with Gasteiger partial charge in [-0.15, -0.1) is 0 Å². The molecule has 1 nitrogen and oxygen atoms in total. The molecule has 0 saturated heterocycles. The summed E-state index contributed by atoms with van der Waals surface area (Å²) in [5.74, 6) is 0. The van der Waals surface area contributed by atoms with E-state index in [-0.39, 0.29) is 6.04 Å². The first kappa shape index (κ1) is 14.4. The second kappa shape index (κ2) is 6.42. The number of rotatable bonds is 4. The van der Waals surface area contributed by atoms with Gasteiger partial charge in [-0.1, -0.05) is 41.4 Å². The van der Waals surface area contributed by atoms with Crippen molar-refractivity contribution in [3.05, 3.63) is 69.2 Å². The van der Waals surface area contributed by atoms with Crippen LogP contribution in [0.2, 0.25) is 10.0 Å². The lowest BCUT2D eigenvalue weighted by Gasteiger charge is -2.18. The van der Waals surface area contributed by atoms with E-state index in [0.717, 1.165) is 16.5 Å². The van der Waals surface area contributed by atoms with E-state index in [4.69, 9.17) is 23.2 Å². The van der Waals surface area contributed by atoms with Gasteiger partial charge < -0.3 is 5.32 Å². The Morgan fingerprint density at radius 3 is 2.26 bits per heavy atom. The highest BCUT2D eigenvalue weighted by Gasteiger charge is 2.11. The van der Waals surface area contributed by atoms with Crippen molar-refractivity contribution < 1.29 is 0 Å². The van der Waals surface area contributed by atoms with Gasteiger partial charge in [0.15, 0.2) is 0 Å². The predicted molar refractivity (Wildman–Crippen MR) is 83.1 cm³/mol. The zero-order valence-electron chi connectivity index (χ0n) is 11.1. The minimum atomic E-state index is 0.249. The molecule has 3 heteroatoms. The summed E-state index contributed by atoms with van der Waals surface area (Å²) in [6.07, 6.45) is 0.910. The monoisotopic (exact) mass is 293 g/mol. The van der Waals surface area contributed by atoms with Crippen molar-refractivity contribution in [3.8, 4) is 0 Å².